The fourth-order valence-electron chi connectivity index (χ4n) is 2.17. The maximum Gasteiger partial charge on any atom is 0.127 e. The second-order valence-corrected chi connectivity index (χ2v) is 5.17. The molecule has 4 nitrogen and oxygen atoms in total. The predicted molar refractivity (Wildman–Crippen MR) is 82.5 cm³/mol. The summed E-state index contributed by atoms with van der Waals surface area (Å²) in [7, 11) is 0. The molecule has 0 spiro atoms. The Balaban J connectivity index is 2.02. The zero-order chi connectivity index (χ0) is 15.8. The monoisotopic (exact) mass is 327 g/mol. The van der Waals surface area contributed by atoms with Gasteiger partial charge in [-0.15, -0.1) is 0 Å². The summed E-state index contributed by atoms with van der Waals surface area (Å²) < 4.78 is 24.6. The normalized spacial score (nSPS) is 12.5. The van der Waals surface area contributed by atoms with Gasteiger partial charge in [0.25, 0.3) is 0 Å². The molecule has 0 bridgehead atoms. The number of nitrogens with one attached hydrogen (secondary N) is 1. The standard InChI is InChI=1S/C16H19ClFNO3/c17-13-3-1-4-14(18)12(13)11-15(16-5-2-8-22-16)19-6-9-21-10-7-20/h1-5,8,15,19-20H,6-7,9-11H2. The number of furan rings is 1. The zero-order valence-electron chi connectivity index (χ0n) is 12.1. The summed E-state index contributed by atoms with van der Waals surface area (Å²) in [6, 6.07) is 8.06. The summed E-state index contributed by atoms with van der Waals surface area (Å²) >= 11 is 6.09. The van der Waals surface area contributed by atoms with Gasteiger partial charge in [0, 0.05) is 17.1 Å². The van der Waals surface area contributed by atoms with Gasteiger partial charge in [-0.1, -0.05) is 17.7 Å². The molecule has 0 fully saturated rings. The molecule has 1 aromatic carbocycles. The van der Waals surface area contributed by atoms with E-state index in [1.165, 1.54) is 6.07 Å². The molecule has 1 unspecified atom stereocenters. The molecule has 120 valence electrons. The molecule has 0 saturated heterocycles. The van der Waals surface area contributed by atoms with E-state index >= 15 is 0 Å². The lowest BCUT2D eigenvalue weighted by Crippen LogP contribution is -2.27. The molecular formula is C16H19ClFNO3. The molecular weight excluding hydrogens is 309 g/mol. The molecule has 0 aliphatic heterocycles. The number of benzene rings is 1. The van der Waals surface area contributed by atoms with Gasteiger partial charge in [-0.3, -0.25) is 0 Å². The quantitative estimate of drug-likeness (QED) is 0.695. The number of ether oxygens (including phenoxy) is 1. The van der Waals surface area contributed by atoms with Crippen molar-refractivity contribution in [3.63, 3.8) is 0 Å². The van der Waals surface area contributed by atoms with E-state index in [0.717, 1.165) is 0 Å². The highest BCUT2D eigenvalue weighted by atomic mass is 35.5. The van der Waals surface area contributed by atoms with Gasteiger partial charge in [-0.25, -0.2) is 4.39 Å². The third kappa shape index (κ3) is 4.81. The van der Waals surface area contributed by atoms with E-state index in [2.05, 4.69) is 5.32 Å². The van der Waals surface area contributed by atoms with Crippen LogP contribution in [0.2, 0.25) is 5.02 Å². The fraction of sp³-hybridized carbons (Fsp3) is 0.375. The molecule has 1 aromatic heterocycles. The van der Waals surface area contributed by atoms with Crippen LogP contribution in [0.1, 0.15) is 17.4 Å². The molecule has 0 radical (unpaired) electrons. The van der Waals surface area contributed by atoms with Crippen molar-refractivity contribution in [2.75, 3.05) is 26.4 Å². The first-order chi connectivity index (χ1) is 10.7. The van der Waals surface area contributed by atoms with Crippen molar-refractivity contribution in [1.82, 2.24) is 5.32 Å². The second kappa shape index (κ2) is 8.90. The van der Waals surface area contributed by atoms with E-state index in [1.54, 1.807) is 24.5 Å². The minimum absolute atomic E-state index is 0.00749. The van der Waals surface area contributed by atoms with Crippen LogP contribution in [-0.4, -0.2) is 31.5 Å². The van der Waals surface area contributed by atoms with Crippen molar-refractivity contribution in [2.45, 2.75) is 12.5 Å². The van der Waals surface area contributed by atoms with Crippen LogP contribution in [-0.2, 0) is 11.2 Å². The average Bonchev–Trinajstić information content (AvgIpc) is 3.03. The number of hydrogen-bond acceptors (Lipinski definition) is 4. The van der Waals surface area contributed by atoms with Crippen LogP contribution in [0, 0.1) is 5.82 Å². The van der Waals surface area contributed by atoms with Crippen LogP contribution in [0.4, 0.5) is 4.39 Å². The molecule has 2 N–H and O–H groups in total. The van der Waals surface area contributed by atoms with Gasteiger partial charge < -0.3 is 19.6 Å². The molecule has 6 heteroatoms. The third-order valence-corrected chi connectivity index (χ3v) is 3.58. The van der Waals surface area contributed by atoms with Crippen molar-refractivity contribution >= 4 is 11.6 Å². The Kier molecular flexibility index (Phi) is 6.86. The Labute approximate surface area is 133 Å². The van der Waals surface area contributed by atoms with E-state index in [4.69, 9.17) is 25.9 Å². The Hall–Kier alpha value is -1.40. The zero-order valence-corrected chi connectivity index (χ0v) is 12.9. The maximum absolute atomic E-state index is 13.9. The highest BCUT2D eigenvalue weighted by Gasteiger charge is 2.18. The molecule has 0 amide bonds. The van der Waals surface area contributed by atoms with Gasteiger partial charge in [0.2, 0.25) is 0 Å². The van der Waals surface area contributed by atoms with Crippen LogP contribution in [0.5, 0.6) is 0 Å². The lowest BCUT2D eigenvalue weighted by atomic mass is 10.0. The first-order valence-corrected chi connectivity index (χ1v) is 7.48. The Morgan fingerprint density at radius 1 is 1.27 bits per heavy atom. The summed E-state index contributed by atoms with van der Waals surface area (Å²) in [5.41, 5.74) is 0.453. The van der Waals surface area contributed by atoms with Gasteiger partial charge in [-0.05, 0) is 30.7 Å². The summed E-state index contributed by atoms with van der Waals surface area (Å²) in [6.07, 6.45) is 1.95. The summed E-state index contributed by atoms with van der Waals surface area (Å²) in [4.78, 5) is 0. The molecule has 22 heavy (non-hydrogen) atoms. The summed E-state index contributed by atoms with van der Waals surface area (Å²) in [5.74, 6) is 0.379. The van der Waals surface area contributed by atoms with Gasteiger partial charge in [0.05, 0.1) is 32.1 Å². The highest BCUT2D eigenvalue weighted by molar-refractivity contribution is 6.31. The number of hydrogen-bond donors (Lipinski definition) is 2. The molecule has 2 aromatic rings. The van der Waals surface area contributed by atoms with Crippen molar-refractivity contribution in [1.29, 1.82) is 0 Å². The van der Waals surface area contributed by atoms with Crippen LogP contribution >= 0.6 is 11.6 Å². The van der Waals surface area contributed by atoms with Crippen LogP contribution < -0.4 is 5.32 Å². The summed E-state index contributed by atoms with van der Waals surface area (Å²) in [5, 5.41) is 12.3. The van der Waals surface area contributed by atoms with E-state index < -0.39 is 0 Å². The smallest absolute Gasteiger partial charge is 0.127 e. The maximum atomic E-state index is 13.9. The Morgan fingerprint density at radius 2 is 2.14 bits per heavy atom. The number of halogens is 2. The van der Waals surface area contributed by atoms with Gasteiger partial charge >= 0.3 is 0 Å². The highest BCUT2D eigenvalue weighted by Crippen LogP contribution is 2.26. The predicted octanol–water partition coefficient (Wildman–Crippen LogP) is 2.95. The molecule has 0 aliphatic carbocycles. The summed E-state index contributed by atoms with van der Waals surface area (Å²) in [6.45, 7) is 1.29. The van der Waals surface area contributed by atoms with Crippen molar-refractivity contribution < 1.29 is 18.7 Å². The molecule has 1 atom stereocenters. The van der Waals surface area contributed by atoms with Gasteiger partial charge in [-0.2, -0.15) is 0 Å². The van der Waals surface area contributed by atoms with Crippen molar-refractivity contribution in [3.8, 4) is 0 Å². The lowest BCUT2D eigenvalue weighted by Gasteiger charge is -2.18. The van der Waals surface area contributed by atoms with Crippen LogP contribution in [0.3, 0.4) is 0 Å². The van der Waals surface area contributed by atoms with Crippen molar-refractivity contribution in [2.24, 2.45) is 0 Å². The Bertz CT molecular complexity index is 542. The molecule has 1 heterocycles. The van der Waals surface area contributed by atoms with Crippen molar-refractivity contribution in [3.05, 3.63) is 58.8 Å². The number of rotatable bonds is 9. The van der Waals surface area contributed by atoms with E-state index in [9.17, 15) is 4.39 Å². The molecule has 2 rings (SSSR count). The lowest BCUT2D eigenvalue weighted by molar-refractivity contribution is 0.0921. The number of aliphatic hydroxyl groups excluding tert-OH is 1. The molecule has 0 aliphatic rings. The largest absolute Gasteiger partial charge is 0.468 e. The van der Waals surface area contributed by atoms with Crippen LogP contribution in [0.15, 0.2) is 41.0 Å². The van der Waals surface area contributed by atoms with E-state index in [1.807, 2.05) is 6.07 Å². The first-order valence-electron chi connectivity index (χ1n) is 7.10. The Morgan fingerprint density at radius 3 is 2.82 bits per heavy atom. The fourth-order valence-corrected chi connectivity index (χ4v) is 2.41. The topological polar surface area (TPSA) is 54.6 Å². The van der Waals surface area contributed by atoms with E-state index in [0.29, 0.717) is 42.5 Å². The first kappa shape index (κ1) is 17.0. The third-order valence-electron chi connectivity index (χ3n) is 3.23. The van der Waals surface area contributed by atoms with Gasteiger partial charge in [0.1, 0.15) is 11.6 Å². The minimum Gasteiger partial charge on any atom is -0.468 e. The number of aliphatic hydroxyl groups is 1. The SMILES string of the molecule is OCCOCCNC(Cc1c(F)cccc1Cl)c1ccco1. The molecule has 0 saturated carbocycles. The van der Waals surface area contributed by atoms with E-state index in [-0.39, 0.29) is 18.5 Å². The average molecular weight is 328 g/mol. The van der Waals surface area contributed by atoms with Crippen LogP contribution in [0.25, 0.3) is 0 Å². The second-order valence-electron chi connectivity index (χ2n) is 4.76. The van der Waals surface area contributed by atoms with Gasteiger partial charge in [0.15, 0.2) is 0 Å². The minimum atomic E-state index is -0.331.